The molecule has 6 N–H and O–H groups in total. The Hall–Kier alpha value is -1.47. The number of amides is 2. The van der Waals surface area contributed by atoms with Gasteiger partial charge in [-0.2, -0.15) is 0 Å². The number of hydrogen-bond donors (Lipinski definition) is 5. The first-order valence-corrected chi connectivity index (χ1v) is 2.78. The van der Waals surface area contributed by atoms with Crippen LogP contribution in [0.4, 0.5) is 4.79 Å². The minimum atomic E-state index is -0.838. The molecule has 0 heterocycles. The lowest BCUT2D eigenvalue weighted by atomic mass is 10.8. The van der Waals surface area contributed by atoms with Crippen LogP contribution in [0, 0.1) is 0 Å². The van der Waals surface area contributed by atoms with Crippen molar-refractivity contribution in [1.29, 1.82) is 0 Å². The van der Waals surface area contributed by atoms with Crippen LogP contribution in [0.2, 0.25) is 0 Å². The number of rotatable bonds is 2. The molecule has 0 aromatic carbocycles. The first kappa shape index (κ1) is 13.1. The van der Waals surface area contributed by atoms with Crippen molar-refractivity contribution in [3.05, 3.63) is 12.5 Å². The zero-order valence-electron chi connectivity index (χ0n) is 6.34. The van der Waals surface area contributed by atoms with Crippen LogP contribution in [0.25, 0.3) is 0 Å². The molecule has 7 heteroatoms. The number of hydrogen-bond acceptors (Lipinski definition) is 5. The Kier molecular flexibility index (Phi) is 8.36. The maximum Gasteiger partial charge on any atom is 0.318 e. The molecule has 7 nitrogen and oxygen atoms in total. The van der Waals surface area contributed by atoms with Crippen LogP contribution in [0.3, 0.4) is 0 Å². The van der Waals surface area contributed by atoms with E-state index in [0.29, 0.717) is 4.90 Å². The van der Waals surface area contributed by atoms with E-state index >= 15 is 0 Å². The standard InChI is InChI=1S/C3H8N2O3.C2H4O2/c4-3(8)5(1-6)2-7;1-2(3)4/h6-7H,1-2H2,(H2,4,8);3-4H,1H2. The van der Waals surface area contributed by atoms with Gasteiger partial charge in [-0.3, -0.25) is 4.90 Å². The molecule has 2 amide bonds. The minimum Gasteiger partial charge on any atom is -0.482 e. The lowest BCUT2D eigenvalue weighted by Gasteiger charge is -2.11. The predicted octanol–water partition coefficient (Wildman–Crippen LogP) is -1.16. The number of carbonyl (C=O) groups excluding carboxylic acids is 1. The Balaban J connectivity index is 0. The van der Waals surface area contributed by atoms with Crippen molar-refractivity contribution in [3.8, 4) is 0 Å². The average molecular weight is 180 g/mol. The number of aliphatic hydroxyl groups is 4. The highest BCUT2D eigenvalue weighted by molar-refractivity contribution is 5.71. The molecule has 0 aliphatic carbocycles. The zero-order chi connectivity index (χ0) is 10.1. The van der Waals surface area contributed by atoms with Gasteiger partial charge in [0.1, 0.15) is 13.5 Å². The SMILES string of the molecule is C=C(O)O.NC(=O)N(CO)CO. The van der Waals surface area contributed by atoms with Crippen molar-refractivity contribution >= 4 is 6.03 Å². The second kappa shape index (κ2) is 7.63. The van der Waals surface area contributed by atoms with E-state index in [1.165, 1.54) is 0 Å². The van der Waals surface area contributed by atoms with Crippen molar-refractivity contribution in [2.45, 2.75) is 0 Å². The van der Waals surface area contributed by atoms with Gasteiger partial charge in [0.15, 0.2) is 0 Å². The van der Waals surface area contributed by atoms with E-state index in [4.69, 9.17) is 20.4 Å². The van der Waals surface area contributed by atoms with E-state index in [2.05, 4.69) is 12.3 Å². The molecule has 0 spiro atoms. The molecular formula is C5H12N2O5. The fourth-order valence-corrected chi connectivity index (χ4v) is 0.184. The summed E-state index contributed by atoms with van der Waals surface area (Å²) in [5.41, 5.74) is 4.62. The molecule has 0 aromatic heterocycles. The van der Waals surface area contributed by atoms with E-state index < -0.39 is 25.4 Å². The fourth-order valence-electron chi connectivity index (χ4n) is 0.184. The highest BCUT2D eigenvalue weighted by Gasteiger charge is 2.02. The molecule has 0 aromatic rings. The minimum absolute atomic E-state index is 0.550. The summed E-state index contributed by atoms with van der Waals surface area (Å²) in [5.74, 6) is -0.833. The van der Waals surface area contributed by atoms with Gasteiger partial charge >= 0.3 is 6.03 Å². The predicted molar refractivity (Wildman–Crippen MR) is 40.0 cm³/mol. The summed E-state index contributed by atoms with van der Waals surface area (Å²) in [4.78, 5) is 10.7. The van der Waals surface area contributed by atoms with Gasteiger partial charge in [0.05, 0.1) is 0 Å². The number of nitrogens with zero attached hydrogens (tertiary/aromatic N) is 1. The van der Waals surface area contributed by atoms with Crippen LogP contribution in [0.5, 0.6) is 0 Å². The van der Waals surface area contributed by atoms with E-state index in [0.717, 1.165) is 0 Å². The topological polar surface area (TPSA) is 127 Å². The summed E-state index contributed by atoms with van der Waals surface area (Å²) >= 11 is 0. The van der Waals surface area contributed by atoms with Crippen molar-refractivity contribution in [2.75, 3.05) is 13.5 Å². The lowest BCUT2D eigenvalue weighted by Crippen LogP contribution is -2.36. The Morgan fingerprint density at radius 3 is 1.58 bits per heavy atom. The highest BCUT2D eigenvalue weighted by atomic mass is 16.5. The number of urea groups is 1. The maximum absolute atomic E-state index is 9.99. The van der Waals surface area contributed by atoms with Gasteiger partial charge in [-0.05, 0) is 6.58 Å². The molecule has 0 radical (unpaired) electrons. The molecule has 0 atom stereocenters. The quantitative estimate of drug-likeness (QED) is 0.270. The smallest absolute Gasteiger partial charge is 0.318 e. The molecule has 0 aliphatic rings. The van der Waals surface area contributed by atoms with Crippen molar-refractivity contribution in [3.63, 3.8) is 0 Å². The van der Waals surface area contributed by atoms with Gasteiger partial charge < -0.3 is 26.2 Å². The first-order valence-electron chi connectivity index (χ1n) is 2.78. The van der Waals surface area contributed by atoms with Gasteiger partial charge in [0.25, 0.3) is 5.95 Å². The number of aliphatic hydroxyl groups excluding tert-OH is 3. The summed E-state index contributed by atoms with van der Waals surface area (Å²) < 4.78 is 0. The summed E-state index contributed by atoms with van der Waals surface area (Å²) in [6.45, 7) is 1.57. The molecule has 0 unspecified atom stereocenters. The van der Waals surface area contributed by atoms with Crippen LogP contribution >= 0.6 is 0 Å². The van der Waals surface area contributed by atoms with Gasteiger partial charge in [-0.1, -0.05) is 0 Å². The van der Waals surface area contributed by atoms with E-state index in [1.54, 1.807) is 0 Å². The molecule has 0 fully saturated rings. The van der Waals surface area contributed by atoms with Gasteiger partial charge in [0.2, 0.25) is 0 Å². The highest BCUT2D eigenvalue weighted by Crippen LogP contribution is 1.78. The molecule has 12 heavy (non-hydrogen) atoms. The van der Waals surface area contributed by atoms with Crippen molar-refractivity contribution < 1.29 is 25.2 Å². The van der Waals surface area contributed by atoms with Gasteiger partial charge in [-0.25, -0.2) is 4.79 Å². The third-order valence-electron chi connectivity index (χ3n) is 0.653. The van der Waals surface area contributed by atoms with E-state index in [-0.39, 0.29) is 0 Å². The number of primary amides is 1. The monoisotopic (exact) mass is 180 g/mol. The normalized spacial score (nSPS) is 7.83. The Morgan fingerprint density at radius 2 is 1.58 bits per heavy atom. The third-order valence-corrected chi connectivity index (χ3v) is 0.653. The summed E-state index contributed by atoms with van der Waals surface area (Å²) in [6, 6.07) is -0.838. The summed E-state index contributed by atoms with van der Waals surface area (Å²) in [7, 11) is 0. The zero-order valence-corrected chi connectivity index (χ0v) is 6.34. The maximum atomic E-state index is 9.99. The van der Waals surface area contributed by atoms with Gasteiger partial charge in [0, 0.05) is 0 Å². The fraction of sp³-hybridized carbons (Fsp3) is 0.400. The summed E-state index contributed by atoms with van der Waals surface area (Å²) in [6.07, 6.45) is 0. The van der Waals surface area contributed by atoms with E-state index in [9.17, 15) is 4.79 Å². The molecule has 0 bridgehead atoms. The second-order valence-corrected chi connectivity index (χ2v) is 1.58. The average Bonchev–Trinajstić information content (AvgIpc) is 1.87. The van der Waals surface area contributed by atoms with Crippen LogP contribution in [0.15, 0.2) is 12.5 Å². The largest absolute Gasteiger partial charge is 0.482 e. The Morgan fingerprint density at radius 1 is 1.33 bits per heavy atom. The third kappa shape index (κ3) is 11.3. The number of carbonyl (C=O) groups is 1. The van der Waals surface area contributed by atoms with E-state index in [1.807, 2.05) is 0 Å². The molecule has 0 aliphatic heterocycles. The Bertz CT molecular complexity index is 141. The van der Waals surface area contributed by atoms with Crippen LogP contribution < -0.4 is 5.73 Å². The van der Waals surface area contributed by atoms with Crippen LogP contribution in [-0.4, -0.2) is 44.8 Å². The second-order valence-electron chi connectivity index (χ2n) is 1.58. The van der Waals surface area contributed by atoms with Crippen molar-refractivity contribution in [1.82, 2.24) is 4.90 Å². The molecule has 0 saturated heterocycles. The molecule has 0 saturated carbocycles. The molecule has 72 valence electrons. The number of nitrogens with two attached hydrogens (primary N) is 1. The van der Waals surface area contributed by atoms with Gasteiger partial charge in [-0.15, -0.1) is 0 Å². The lowest BCUT2D eigenvalue weighted by molar-refractivity contribution is 0.0608. The molecular weight excluding hydrogens is 168 g/mol. The summed E-state index contributed by atoms with van der Waals surface area (Å²) in [5, 5.41) is 31.2. The van der Waals surface area contributed by atoms with Crippen LogP contribution in [0.1, 0.15) is 0 Å². The van der Waals surface area contributed by atoms with Crippen LogP contribution in [-0.2, 0) is 0 Å². The first-order chi connectivity index (χ1) is 5.45. The molecule has 0 rings (SSSR count). The van der Waals surface area contributed by atoms with Crippen molar-refractivity contribution in [2.24, 2.45) is 5.73 Å². The Labute approximate surface area is 69.0 Å².